The van der Waals surface area contributed by atoms with Gasteiger partial charge in [-0.05, 0) is 18.4 Å². The van der Waals surface area contributed by atoms with Crippen molar-refractivity contribution in [2.24, 2.45) is 13.0 Å². The second-order valence-electron chi connectivity index (χ2n) is 6.61. The van der Waals surface area contributed by atoms with Gasteiger partial charge in [-0.25, -0.2) is 9.37 Å². The number of rotatable bonds is 6. The fraction of sp³-hybridized carbons (Fsp3) is 0.474. The Kier molecular flexibility index (Phi) is 5.28. The standard InChI is InChI=1S/C19H24FN3O/c1-23-13-12-21-19(23)18(15-8-4-5-9-16(15)20)22-17(24)11-10-14-6-2-3-7-14/h4-5,8-9,12-14,18H,2-3,6-7,10-11H2,1H3,(H,22,24)/t18-/m0/s1. The van der Waals surface area contributed by atoms with Crippen LogP contribution in [0.4, 0.5) is 4.39 Å². The maximum absolute atomic E-state index is 14.3. The Hall–Kier alpha value is -2.17. The number of nitrogens with zero attached hydrogens (tertiary/aromatic N) is 2. The van der Waals surface area contributed by atoms with Gasteiger partial charge in [0.2, 0.25) is 5.91 Å². The number of aryl methyl sites for hydroxylation is 1. The Labute approximate surface area is 142 Å². The fourth-order valence-electron chi connectivity index (χ4n) is 3.51. The number of hydrogen-bond acceptors (Lipinski definition) is 2. The molecular formula is C19H24FN3O. The van der Waals surface area contributed by atoms with E-state index >= 15 is 0 Å². The first-order chi connectivity index (χ1) is 11.6. The van der Waals surface area contributed by atoms with E-state index in [0.717, 1.165) is 6.42 Å². The first-order valence-electron chi connectivity index (χ1n) is 8.66. The summed E-state index contributed by atoms with van der Waals surface area (Å²) in [6.45, 7) is 0. The van der Waals surface area contributed by atoms with Crippen LogP contribution in [0, 0.1) is 11.7 Å². The highest BCUT2D eigenvalue weighted by Gasteiger charge is 2.24. The van der Waals surface area contributed by atoms with Crippen LogP contribution in [0.5, 0.6) is 0 Å². The summed E-state index contributed by atoms with van der Waals surface area (Å²) < 4.78 is 16.1. The van der Waals surface area contributed by atoms with Gasteiger partial charge in [0.25, 0.3) is 0 Å². The first kappa shape index (κ1) is 16.7. The van der Waals surface area contributed by atoms with Crippen LogP contribution >= 0.6 is 0 Å². The van der Waals surface area contributed by atoms with Crippen LogP contribution in [0.25, 0.3) is 0 Å². The first-order valence-corrected chi connectivity index (χ1v) is 8.66. The summed E-state index contributed by atoms with van der Waals surface area (Å²) in [6.07, 6.45) is 9.86. The Morgan fingerprint density at radius 2 is 2.12 bits per heavy atom. The zero-order valence-corrected chi connectivity index (χ0v) is 14.0. The van der Waals surface area contributed by atoms with E-state index in [1.54, 1.807) is 30.6 Å². The molecule has 1 fully saturated rings. The normalized spacial score (nSPS) is 16.2. The van der Waals surface area contributed by atoms with Crippen molar-refractivity contribution in [1.29, 1.82) is 0 Å². The highest BCUT2D eigenvalue weighted by Crippen LogP contribution is 2.29. The monoisotopic (exact) mass is 329 g/mol. The number of nitrogens with one attached hydrogen (secondary N) is 1. The molecule has 0 saturated heterocycles. The van der Waals surface area contributed by atoms with Crippen molar-refractivity contribution < 1.29 is 9.18 Å². The minimum absolute atomic E-state index is 0.0434. The molecule has 1 N–H and O–H groups in total. The SMILES string of the molecule is Cn1ccnc1[C@@H](NC(=O)CCC1CCCC1)c1ccccc1F. The lowest BCUT2D eigenvalue weighted by Gasteiger charge is -2.20. The Morgan fingerprint density at radius 3 is 2.79 bits per heavy atom. The fourth-order valence-corrected chi connectivity index (χ4v) is 3.51. The minimum Gasteiger partial charge on any atom is -0.342 e. The number of aromatic nitrogens is 2. The van der Waals surface area contributed by atoms with Gasteiger partial charge in [-0.3, -0.25) is 4.79 Å². The third-order valence-corrected chi connectivity index (χ3v) is 4.89. The molecule has 0 bridgehead atoms. The number of carbonyl (C=O) groups is 1. The molecule has 1 saturated carbocycles. The van der Waals surface area contributed by atoms with Gasteiger partial charge in [0.1, 0.15) is 17.7 Å². The van der Waals surface area contributed by atoms with Crippen LogP contribution < -0.4 is 5.32 Å². The van der Waals surface area contributed by atoms with Gasteiger partial charge in [0.15, 0.2) is 0 Å². The Bertz CT molecular complexity index is 691. The molecule has 5 heteroatoms. The van der Waals surface area contributed by atoms with E-state index in [1.165, 1.54) is 31.7 Å². The highest BCUT2D eigenvalue weighted by molar-refractivity contribution is 5.76. The van der Waals surface area contributed by atoms with Crippen LogP contribution in [0.2, 0.25) is 0 Å². The van der Waals surface area contributed by atoms with Crippen LogP contribution in [0.3, 0.4) is 0 Å². The molecule has 1 aromatic carbocycles. The molecular weight excluding hydrogens is 305 g/mol. The summed E-state index contributed by atoms with van der Waals surface area (Å²) in [5.41, 5.74) is 0.445. The predicted octanol–water partition coefficient (Wildman–Crippen LogP) is 3.74. The highest BCUT2D eigenvalue weighted by atomic mass is 19.1. The zero-order valence-electron chi connectivity index (χ0n) is 14.0. The lowest BCUT2D eigenvalue weighted by molar-refractivity contribution is -0.122. The largest absolute Gasteiger partial charge is 0.342 e. The predicted molar refractivity (Wildman–Crippen MR) is 90.8 cm³/mol. The van der Waals surface area contributed by atoms with Crippen LogP contribution in [-0.2, 0) is 11.8 Å². The molecule has 0 unspecified atom stereocenters. The summed E-state index contributed by atoms with van der Waals surface area (Å²) >= 11 is 0. The molecule has 3 rings (SSSR count). The maximum Gasteiger partial charge on any atom is 0.220 e. The number of hydrogen-bond donors (Lipinski definition) is 1. The molecule has 0 aliphatic heterocycles. The maximum atomic E-state index is 14.3. The molecule has 1 heterocycles. The van der Waals surface area contributed by atoms with Crippen LogP contribution in [0.1, 0.15) is 56.0 Å². The average molecular weight is 329 g/mol. The molecule has 1 amide bonds. The van der Waals surface area contributed by atoms with Gasteiger partial charge >= 0.3 is 0 Å². The minimum atomic E-state index is -0.567. The zero-order chi connectivity index (χ0) is 16.9. The van der Waals surface area contributed by atoms with Crippen LogP contribution in [-0.4, -0.2) is 15.5 Å². The second-order valence-corrected chi connectivity index (χ2v) is 6.61. The summed E-state index contributed by atoms with van der Waals surface area (Å²) in [7, 11) is 1.85. The molecule has 1 aliphatic rings. The van der Waals surface area contributed by atoms with Gasteiger partial charge in [-0.15, -0.1) is 0 Å². The van der Waals surface area contributed by atoms with Crippen LogP contribution in [0.15, 0.2) is 36.7 Å². The Morgan fingerprint density at radius 1 is 1.38 bits per heavy atom. The second kappa shape index (κ2) is 7.60. The molecule has 4 nitrogen and oxygen atoms in total. The molecule has 1 atom stereocenters. The number of amides is 1. The molecule has 0 spiro atoms. The molecule has 1 aromatic heterocycles. The number of halogens is 1. The topological polar surface area (TPSA) is 46.9 Å². The summed E-state index contributed by atoms with van der Waals surface area (Å²) in [6, 6.07) is 5.97. The molecule has 2 aromatic rings. The summed E-state index contributed by atoms with van der Waals surface area (Å²) in [5.74, 6) is 0.921. The van der Waals surface area contributed by atoms with E-state index in [0.29, 0.717) is 23.7 Å². The van der Waals surface area contributed by atoms with Gasteiger partial charge in [-0.1, -0.05) is 43.9 Å². The van der Waals surface area contributed by atoms with Crippen molar-refractivity contribution in [3.05, 3.63) is 53.9 Å². The van der Waals surface area contributed by atoms with Gasteiger partial charge in [0.05, 0.1) is 0 Å². The van der Waals surface area contributed by atoms with Gasteiger partial charge in [-0.2, -0.15) is 0 Å². The number of imidazole rings is 1. The lowest BCUT2D eigenvalue weighted by atomic mass is 10.0. The number of benzene rings is 1. The molecule has 24 heavy (non-hydrogen) atoms. The van der Waals surface area contributed by atoms with Gasteiger partial charge in [0, 0.05) is 31.4 Å². The van der Waals surface area contributed by atoms with Crippen molar-refractivity contribution in [1.82, 2.24) is 14.9 Å². The molecule has 0 radical (unpaired) electrons. The van der Waals surface area contributed by atoms with E-state index in [9.17, 15) is 9.18 Å². The van der Waals surface area contributed by atoms with E-state index < -0.39 is 6.04 Å². The quantitative estimate of drug-likeness (QED) is 0.877. The summed E-state index contributed by atoms with van der Waals surface area (Å²) in [4.78, 5) is 16.7. The smallest absolute Gasteiger partial charge is 0.220 e. The molecule has 128 valence electrons. The third kappa shape index (κ3) is 3.83. The average Bonchev–Trinajstić information content (AvgIpc) is 3.23. The van der Waals surface area contributed by atoms with Gasteiger partial charge < -0.3 is 9.88 Å². The molecule has 1 aliphatic carbocycles. The third-order valence-electron chi connectivity index (χ3n) is 4.89. The van der Waals surface area contributed by atoms with E-state index in [4.69, 9.17) is 0 Å². The van der Waals surface area contributed by atoms with Crippen molar-refractivity contribution in [2.75, 3.05) is 0 Å². The van der Waals surface area contributed by atoms with Crippen molar-refractivity contribution in [2.45, 2.75) is 44.6 Å². The van der Waals surface area contributed by atoms with Crippen molar-refractivity contribution >= 4 is 5.91 Å². The van der Waals surface area contributed by atoms with Crippen molar-refractivity contribution in [3.8, 4) is 0 Å². The Balaban J connectivity index is 1.74. The number of carbonyl (C=O) groups excluding carboxylic acids is 1. The van der Waals surface area contributed by atoms with E-state index in [2.05, 4.69) is 10.3 Å². The van der Waals surface area contributed by atoms with E-state index in [-0.39, 0.29) is 11.7 Å². The lowest BCUT2D eigenvalue weighted by Crippen LogP contribution is -2.31. The van der Waals surface area contributed by atoms with Crippen molar-refractivity contribution in [3.63, 3.8) is 0 Å². The van der Waals surface area contributed by atoms with E-state index in [1.807, 2.05) is 11.6 Å². The summed E-state index contributed by atoms with van der Waals surface area (Å²) in [5, 5.41) is 2.98.